The van der Waals surface area contributed by atoms with Crippen molar-refractivity contribution in [3.8, 4) is 5.75 Å². The van der Waals surface area contributed by atoms with Crippen molar-refractivity contribution in [2.45, 2.75) is 19.3 Å². The fourth-order valence-corrected chi connectivity index (χ4v) is 2.81. The molecule has 3 nitrogen and oxygen atoms in total. The SMILES string of the molecule is CC(CO)CSCc1ccc(OCc2ccccn2)cc1. The molecule has 1 N–H and O–H groups in total. The van der Waals surface area contributed by atoms with Gasteiger partial charge in [0.25, 0.3) is 0 Å². The Morgan fingerprint density at radius 2 is 2.00 bits per heavy atom. The molecule has 1 aromatic heterocycles. The Morgan fingerprint density at radius 1 is 1.19 bits per heavy atom. The van der Waals surface area contributed by atoms with Crippen molar-refractivity contribution in [2.75, 3.05) is 12.4 Å². The zero-order valence-corrected chi connectivity index (χ0v) is 13.1. The number of aliphatic hydroxyl groups excluding tert-OH is 1. The highest BCUT2D eigenvalue weighted by atomic mass is 32.2. The summed E-state index contributed by atoms with van der Waals surface area (Å²) in [7, 11) is 0. The van der Waals surface area contributed by atoms with Crippen LogP contribution in [0.2, 0.25) is 0 Å². The number of hydrogen-bond acceptors (Lipinski definition) is 4. The summed E-state index contributed by atoms with van der Waals surface area (Å²) in [6, 6.07) is 14.0. The Balaban J connectivity index is 1.76. The van der Waals surface area contributed by atoms with Crippen LogP contribution in [0.25, 0.3) is 0 Å². The minimum absolute atomic E-state index is 0.257. The van der Waals surface area contributed by atoms with Crippen molar-refractivity contribution >= 4 is 11.8 Å². The predicted octanol–water partition coefficient (Wildman–Crippen LogP) is 3.52. The fourth-order valence-electron chi connectivity index (χ4n) is 1.75. The van der Waals surface area contributed by atoms with E-state index < -0.39 is 0 Å². The number of nitrogens with zero attached hydrogens (tertiary/aromatic N) is 1. The molecule has 0 amide bonds. The molecule has 0 aliphatic rings. The summed E-state index contributed by atoms with van der Waals surface area (Å²) in [6.45, 7) is 2.80. The lowest BCUT2D eigenvalue weighted by molar-refractivity contribution is 0.250. The van der Waals surface area contributed by atoms with Crippen LogP contribution in [0.4, 0.5) is 0 Å². The molecular weight excluding hydrogens is 282 g/mol. The molecule has 1 atom stereocenters. The van der Waals surface area contributed by atoms with Gasteiger partial charge in [-0.15, -0.1) is 0 Å². The lowest BCUT2D eigenvalue weighted by Gasteiger charge is -2.08. The van der Waals surface area contributed by atoms with E-state index in [1.807, 2.05) is 42.1 Å². The van der Waals surface area contributed by atoms with Crippen LogP contribution in [0.1, 0.15) is 18.2 Å². The van der Waals surface area contributed by atoms with Gasteiger partial charge in [-0.05, 0) is 41.5 Å². The minimum atomic E-state index is 0.257. The average Bonchev–Trinajstić information content (AvgIpc) is 2.55. The second kappa shape index (κ2) is 8.70. The number of aliphatic hydroxyl groups is 1. The van der Waals surface area contributed by atoms with Crippen molar-refractivity contribution in [2.24, 2.45) is 5.92 Å². The average molecular weight is 303 g/mol. The monoisotopic (exact) mass is 303 g/mol. The normalized spacial score (nSPS) is 12.1. The number of pyridine rings is 1. The van der Waals surface area contributed by atoms with E-state index in [4.69, 9.17) is 9.84 Å². The Labute approximate surface area is 130 Å². The van der Waals surface area contributed by atoms with Crippen molar-refractivity contribution in [1.82, 2.24) is 4.98 Å². The molecule has 1 unspecified atom stereocenters. The Hall–Kier alpha value is -1.52. The minimum Gasteiger partial charge on any atom is -0.487 e. The quantitative estimate of drug-likeness (QED) is 0.810. The van der Waals surface area contributed by atoms with Crippen LogP contribution < -0.4 is 4.74 Å². The van der Waals surface area contributed by atoms with Crippen LogP contribution >= 0.6 is 11.8 Å². The Morgan fingerprint density at radius 3 is 2.67 bits per heavy atom. The van der Waals surface area contributed by atoms with Gasteiger partial charge in [0.15, 0.2) is 0 Å². The molecule has 2 rings (SSSR count). The Kier molecular flexibility index (Phi) is 6.57. The van der Waals surface area contributed by atoms with Crippen molar-refractivity contribution in [1.29, 1.82) is 0 Å². The van der Waals surface area contributed by atoms with Gasteiger partial charge < -0.3 is 9.84 Å². The largest absolute Gasteiger partial charge is 0.487 e. The summed E-state index contributed by atoms with van der Waals surface area (Å²) in [5, 5.41) is 8.99. The maximum atomic E-state index is 8.99. The van der Waals surface area contributed by atoms with Crippen LogP contribution in [0.5, 0.6) is 5.75 Å². The van der Waals surface area contributed by atoms with Crippen molar-refractivity contribution in [3.05, 3.63) is 59.9 Å². The summed E-state index contributed by atoms with van der Waals surface area (Å²) in [4.78, 5) is 4.23. The molecule has 112 valence electrons. The molecule has 0 spiro atoms. The number of ether oxygens (including phenoxy) is 1. The zero-order valence-electron chi connectivity index (χ0n) is 12.2. The van der Waals surface area contributed by atoms with Gasteiger partial charge in [-0.1, -0.05) is 25.1 Å². The number of thioether (sulfide) groups is 1. The van der Waals surface area contributed by atoms with E-state index in [1.54, 1.807) is 6.20 Å². The first kappa shape index (κ1) is 15.9. The number of aromatic nitrogens is 1. The second-order valence-electron chi connectivity index (χ2n) is 5.06. The van der Waals surface area contributed by atoms with Gasteiger partial charge in [0.05, 0.1) is 5.69 Å². The summed E-state index contributed by atoms with van der Waals surface area (Å²) >= 11 is 1.84. The summed E-state index contributed by atoms with van der Waals surface area (Å²) in [6.07, 6.45) is 1.77. The molecule has 4 heteroatoms. The molecule has 0 radical (unpaired) electrons. The van der Waals surface area contributed by atoms with Crippen LogP contribution in [0.15, 0.2) is 48.7 Å². The second-order valence-corrected chi connectivity index (χ2v) is 6.09. The molecule has 0 aliphatic heterocycles. The topological polar surface area (TPSA) is 42.4 Å². The standard InChI is InChI=1S/C17H21NO2S/c1-14(10-19)12-21-13-15-5-7-17(8-6-15)20-11-16-4-2-3-9-18-16/h2-9,14,19H,10-13H2,1H3. The van der Waals surface area contributed by atoms with E-state index in [0.717, 1.165) is 22.9 Å². The number of hydrogen-bond donors (Lipinski definition) is 1. The van der Waals surface area contributed by atoms with Crippen LogP contribution in [0, 0.1) is 5.92 Å². The number of rotatable bonds is 8. The van der Waals surface area contributed by atoms with Gasteiger partial charge in [-0.25, -0.2) is 0 Å². The van der Waals surface area contributed by atoms with Crippen LogP contribution in [0.3, 0.4) is 0 Å². The van der Waals surface area contributed by atoms with E-state index in [2.05, 4.69) is 24.0 Å². The van der Waals surface area contributed by atoms with Crippen molar-refractivity contribution < 1.29 is 9.84 Å². The van der Waals surface area contributed by atoms with Crippen LogP contribution in [-0.4, -0.2) is 22.5 Å². The highest BCUT2D eigenvalue weighted by molar-refractivity contribution is 7.98. The van der Waals surface area contributed by atoms with Gasteiger partial charge in [0.2, 0.25) is 0 Å². The summed E-state index contributed by atoms with van der Waals surface area (Å²) in [5.41, 5.74) is 2.20. The molecule has 2 aromatic rings. The molecule has 0 fully saturated rings. The first-order valence-corrected chi connectivity index (χ1v) is 8.23. The third-order valence-corrected chi connectivity index (χ3v) is 4.36. The maximum absolute atomic E-state index is 8.99. The summed E-state index contributed by atoms with van der Waals surface area (Å²) in [5.74, 6) is 3.16. The molecule has 0 saturated heterocycles. The molecule has 21 heavy (non-hydrogen) atoms. The van der Waals surface area contributed by atoms with E-state index in [0.29, 0.717) is 12.5 Å². The highest BCUT2D eigenvalue weighted by Gasteiger charge is 2.01. The van der Waals surface area contributed by atoms with Gasteiger partial charge in [0.1, 0.15) is 12.4 Å². The predicted molar refractivity (Wildman–Crippen MR) is 87.4 cm³/mol. The van der Waals surface area contributed by atoms with E-state index in [9.17, 15) is 0 Å². The third kappa shape index (κ3) is 5.78. The maximum Gasteiger partial charge on any atom is 0.130 e. The van der Waals surface area contributed by atoms with Gasteiger partial charge in [-0.2, -0.15) is 11.8 Å². The first-order valence-electron chi connectivity index (χ1n) is 7.08. The van der Waals surface area contributed by atoms with E-state index >= 15 is 0 Å². The highest BCUT2D eigenvalue weighted by Crippen LogP contribution is 2.19. The smallest absolute Gasteiger partial charge is 0.130 e. The molecule has 0 saturated carbocycles. The fraction of sp³-hybridized carbons (Fsp3) is 0.353. The van der Waals surface area contributed by atoms with Gasteiger partial charge >= 0.3 is 0 Å². The van der Waals surface area contributed by atoms with Crippen molar-refractivity contribution in [3.63, 3.8) is 0 Å². The molecule has 1 aromatic carbocycles. The molecule has 0 bridgehead atoms. The third-order valence-electron chi connectivity index (χ3n) is 3.02. The van der Waals surface area contributed by atoms with E-state index in [1.165, 1.54) is 5.56 Å². The first-order chi connectivity index (χ1) is 10.3. The van der Waals surface area contributed by atoms with Gasteiger partial charge in [0, 0.05) is 18.6 Å². The molecule has 1 heterocycles. The van der Waals surface area contributed by atoms with E-state index in [-0.39, 0.29) is 6.61 Å². The van der Waals surface area contributed by atoms with Crippen LogP contribution in [-0.2, 0) is 12.4 Å². The molecule has 0 aliphatic carbocycles. The van der Waals surface area contributed by atoms with Gasteiger partial charge in [-0.3, -0.25) is 4.98 Å². The lowest BCUT2D eigenvalue weighted by atomic mass is 10.2. The molecular formula is C17H21NO2S. The summed E-state index contributed by atoms with van der Waals surface area (Å²) < 4.78 is 5.70. The lowest BCUT2D eigenvalue weighted by Crippen LogP contribution is -2.03. The Bertz CT molecular complexity index is 516. The zero-order chi connectivity index (χ0) is 14.9. The number of benzene rings is 1.